The van der Waals surface area contributed by atoms with E-state index in [1.165, 1.54) is 24.0 Å². The zero-order chi connectivity index (χ0) is 13.4. The average Bonchev–Trinajstić information content (AvgIpc) is 3.16. The third-order valence-electron chi connectivity index (χ3n) is 4.59. The average molecular weight is 259 g/mol. The maximum Gasteiger partial charge on any atom is 0.123 e. The summed E-state index contributed by atoms with van der Waals surface area (Å²) in [6.07, 6.45) is 4.21. The Bertz CT molecular complexity index is 453. The van der Waals surface area contributed by atoms with Crippen LogP contribution in [0.2, 0.25) is 0 Å². The molecule has 0 amide bonds. The van der Waals surface area contributed by atoms with Crippen LogP contribution < -0.4 is 10.1 Å². The van der Waals surface area contributed by atoms with Crippen LogP contribution in [0, 0.1) is 11.8 Å². The molecule has 0 aromatic heterocycles. The van der Waals surface area contributed by atoms with E-state index in [1.54, 1.807) is 0 Å². The molecule has 1 saturated carbocycles. The molecule has 1 aliphatic carbocycles. The number of fused-ring (bicyclic) bond motifs is 1. The molecule has 2 aliphatic rings. The number of nitrogens with one attached hydrogen (secondary N) is 1. The predicted molar refractivity (Wildman–Crippen MR) is 78.5 cm³/mol. The summed E-state index contributed by atoms with van der Waals surface area (Å²) in [7, 11) is 0. The second-order valence-electron chi connectivity index (χ2n) is 6.23. The maximum atomic E-state index is 5.80. The third-order valence-corrected chi connectivity index (χ3v) is 4.59. The van der Waals surface area contributed by atoms with Gasteiger partial charge in [0.15, 0.2) is 0 Å². The molecule has 19 heavy (non-hydrogen) atoms. The highest BCUT2D eigenvalue weighted by molar-refractivity contribution is 5.41. The minimum absolute atomic E-state index is 0.337. The van der Waals surface area contributed by atoms with Gasteiger partial charge in [-0.05, 0) is 55.3 Å². The maximum absolute atomic E-state index is 5.80. The highest BCUT2D eigenvalue weighted by Gasteiger charge is 2.34. The van der Waals surface area contributed by atoms with Crippen molar-refractivity contribution in [3.8, 4) is 5.75 Å². The van der Waals surface area contributed by atoms with E-state index in [0.29, 0.717) is 12.1 Å². The topological polar surface area (TPSA) is 21.3 Å². The minimum Gasteiger partial charge on any atom is -0.490 e. The normalized spacial score (nSPS) is 24.7. The second kappa shape index (κ2) is 5.16. The Labute approximate surface area is 116 Å². The summed E-state index contributed by atoms with van der Waals surface area (Å²) in [5.41, 5.74) is 2.83. The Balaban J connectivity index is 1.84. The van der Waals surface area contributed by atoms with E-state index >= 15 is 0 Å². The van der Waals surface area contributed by atoms with E-state index in [-0.39, 0.29) is 0 Å². The summed E-state index contributed by atoms with van der Waals surface area (Å²) < 4.78 is 5.80. The van der Waals surface area contributed by atoms with Gasteiger partial charge in [-0.15, -0.1) is 0 Å². The van der Waals surface area contributed by atoms with Gasteiger partial charge in [0.2, 0.25) is 0 Å². The summed E-state index contributed by atoms with van der Waals surface area (Å²) in [5.74, 6) is 2.75. The van der Waals surface area contributed by atoms with Crippen LogP contribution in [0.15, 0.2) is 18.2 Å². The van der Waals surface area contributed by atoms with Crippen LogP contribution in [-0.2, 0) is 6.42 Å². The van der Waals surface area contributed by atoms with Gasteiger partial charge in [0, 0.05) is 12.5 Å². The summed E-state index contributed by atoms with van der Waals surface area (Å²) in [5, 5.41) is 3.68. The Morgan fingerprint density at radius 1 is 1.37 bits per heavy atom. The summed E-state index contributed by atoms with van der Waals surface area (Å²) >= 11 is 0. The Kier molecular flexibility index (Phi) is 3.53. The lowest BCUT2D eigenvalue weighted by Crippen LogP contribution is -2.28. The third kappa shape index (κ3) is 2.64. The van der Waals surface area contributed by atoms with Crippen molar-refractivity contribution in [2.75, 3.05) is 6.54 Å². The molecule has 1 fully saturated rings. The van der Waals surface area contributed by atoms with Crippen molar-refractivity contribution in [2.24, 2.45) is 11.8 Å². The molecule has 0 bridgehead atoms. The van der Waals surface area contributed by atoms with Crippen molar-refractivity contribution in [3.63, 3.8) is 0 Å². The van der Waals surface area contributed by atoms with Gasteiger partial charge in [0.05, 0.1) is 0 Å². The fourth-order valence-electron chi connectivity index (χ4n) is 3.36. The van der Waals surface area contributed by atoms with Crippen LogP contribution >= 0.6 is 0 Å². The highest BCUT2D eigenvalue weighted by atomic mass is 16.5. The van der Waals surface area contributed by atoms with Gasteiger partial charge in [-0.2, -0.15) is 0 Å². The fourth-order valence-corrected chi connectivity index (χ4v) is 3.36. The fraction of sp³-hybridized carbons (Fsp3) is 0.647. The highest BCUT2D eigenvalue weighted by Crippen LogP contribution is 2.43. The van der Waals surface area contributed by atoms with Gasteiger partial charge in [-0.3, -0.25) is 0 Å². The molecule has 2 heteroatoms. The molecule has 2 nitrogen and oxygen atoms in total. The van der Waals surface area contributed by atoms with Gasteiger partial charge >= 0.3 is 0 Å². The quantitative estimate of drug-likeness (QED) is 0.870. The van der Waals surface area contributed by atoms with Gasteiger partial charge in [-0.25, -0.2) is 0 Å². The number of benzene rings is 1. The van der Waals surface area contributed by atoms with E-state index in [9.17, 15) is 0 Å². The Morgan fingerprint density at radius 3 is 2.84 bits per heavy atom. The minimum atomic E-state index is 0.337. The van der Waals surface area contributed by atoms with Crippen LogP contribution in [0.4, 0.5) is 0 Å². The molecule has 3 rings (SSSR count). The smallest absolute Gasteiger partial charge is 0.123 e. The van der Waals surface area contributed by atoms with E-state index in [1.807, 2.05) is 0 Å². The van der Waals surface area contributed by atoms with Crippen LogP contribution in [0.3, 0.4) is 0 Å². The standard InChI is InChI=1S/C17H25NO/c1-4-18-17(12(3)13-5-6-13)14-7-8-16-15(10-14)9-11(2)19-16/h7-8,10-13,17-18H,4-6,9H2,1-3H3. The van der Waals surface area contributed by atoms with Crippen molar-refractivity contribution in [1.29, 1.82) is 0 Å². The molecule has 1 heterocycles. The van der Waals surface area contributed by atoms with E-state index in [2.05, 4.69) is 44.3 Å². The number of hydrogen-bond donors (Lipinski definition) is 1. The first-order chi connectivity index (χ1) is 9.19. The molecule has 0 saturated heterocycles. The van der Waals surface area contributed by atoms with E-state index in [0.717, 1.165) is 30.6 Å². The van der Waals surface area contributed by atoms with Crippen molar-refractivity contribution < 1.29 is 4.74 Å². The van der Waals surface area contributed by atoms with Crippen LogP contribution in [0.25, 0.3) is 0 Å². The van der Waals surface area contributed by atoms with Crippen LogP contribution in [-0.4, -0.2) is 12.6 Å². The summed E-state index contributed by atoms with van der Waals surface area (Å²) in [6, 6.07) is 7.28. The Hall–Kier alpha value is -1.02. The number of ether oxygens (including phenoxy) is 1. The molecule has 0 radical (unpaired) electrons. The number of rotatable bonds is 5. The first-order valence-electron chi connectivity index (χ1n) is 7.72. The largest absolute Gasteiger partial charge is 0.490 e. The van der Waals surface area contributed by atoms with Gasteiger partial charge in [-0.1, -0.05) is 26.0 Å². The first-order valence-corrected chi connectivity index (χ1v) is 7.72. The summed E-state index contributed by atoms with van der Waals surface area (Å²) in [6.45, 7) is 7.78. The van der Waals surface area contributed by atoms with Crippen molar-refractivity contribution in [2.45, 2.75) is 52.2 Å². The zero-order valence-electron chi connectivity index (χ0n) is 12.3. The van der Waals surface area contributed by atoms with Crippen LogP contribution in [0.1, 0.15) is 50.8 Å². The molecule has 3 unspecified atom stereocenters. The predicted octanol–water partition coefficient (Wildman–Crippen LogP) is 3.71. The molecule has 1 aromatic carbocycles. The van der Waals surface area contributed by atoms with Gasteiger partial charge in [0.25, 0.3) is 0 Å². The monoisotopic (exact) mass is 259 g/mol. The lowest BCUT2D eigenvalue weighted by molar-refractivity contribution is 0.254. The van der Waals surface area contributed by atoms with Crippen molar-refractivity contribution >= 4 is 0 Å². The molecule has 3 atom stereocenters. The summed E-state index contributed by atoms with van der Waals surface area (Å²) in [4.78, 5) is 0. The molecule has 104 valence electrons. The first kappa shape index (κ1) is 13.0. The number of hydrogen-bond acceptors (Lipinski definition) is 2. The Morgan fingerprint density at radius 2 is 2.16 bits per heavy atom. The lowest BCUT2D eigenvalue weighted by Gasteiger charge is -2.25. The molecule has 1 N–H and O–H groups in total. The van der Waals surface area contributed by atoms with Gasteiger partial charge in [0.1, 0.15) is 11.9 Å². The van der Waals surface area contributed by atoms with Crippen molar-refractivity contribution in [3.05, 3.63) is 29.3 Å². The second-order valence-corrected chi connectivity index (χ2v) is 6.23. The van der Waals surface area contributed by atoms with E-state index < -0.39 is 0 Å². The molecule has 1 aliphatic heterocycles. The molecule has 0 spiro atoms. The molecular formula is C17H25NO. The SMILES string of the molecule is CCNC(c1ccc2c(c1)CC(C)O2)C(C)C1CC1. The van der Waals surface area contributed by atoms with Crippen molar-refractivity contribution in [1.82, 2.24) is 5.32 Å². The lowest BCUT2D eigenvalue weighted by atomic mass is 9.89. The van der Waals surface area contributed by atoms with Gasteiger partial charge < -0.3 is 10.1 Å². The van der Waals surface area contributed by atoms with E-state index in [4.69, 9.17) is 4.74 Å². The zero-order valence-corrected chi connectivity index (χ0v) is 12.3. The molecule has 1 aromatic rings. The molecular weight excluding hydrogens is 234 g/mol. The van der Waals surface area contributed by atoms with Crippen LogP contribution in [0.5, 0.6) is 5.75 Å².